The Morgan fingerprint density at radius 2 is 2.31 bits per heavy atom. The molecule has 0 saturated carbocycles. The fourth-order valence-corrected chi connectivity index (χ4v) is 0.967. The highest BCUT2D eigenvalue weighted by atomic mass is 16.2. The molecule has 0 spiro atoms. The van der Waals surface area contributed by atoms with Crippen LogP contribution in [0.1, 0.15) is 10.4 Å². The summed E-state index contributed by atoms with van der Waals surface area (Å²) in [6.07, 6.45) is 2.41. The molecule has 0 atom stereocenters. The largest absolute Gasteiger partial charge is 0.365 e. The molecule has 0 fully saturated rings. The van der Waals surface area contributed by atoms with Crippen molar-refractivity contribution in [2.24, 2.45) is 5.73 Å². The molecule has 0 aliphatic rings. The van der Waals surface area contributed by atoms with E-state index < -0.39 is 11.5 Å². The van der Waals surface area contributed by atoms with E-state index in [0.717, 1.165) is 10.7 Å². The van der Waals surface area contributed by atoms with Crippen LogP contribution in [-0.2, 0) is 0 Å². The Balaban J connectivity index is 2.89. The van der Waals surface area contributed by atoms with E-state index >= 15 is 0 Å². The van der Waals surface area contributed by atoms with E-state index in [-0.39, 0.29) is 11.3 Å². The summed E-state index contributed by atoms with van der Waals surface area (Å²) < 4.78 is 1.04. The SMILES string of the molecule is NC(=O)c1cnc2nc[nH]n2c1=O. The topological polar surface area (TPSA) is 106 Å². The average Bonchev–Trinajstić information content (AvgIpc) is 2.52. The molecule has 2 aromatic rings. The summed E-state index contributed by atoms with van der Waals surface area (Å²) in [6.45, 7) is 0. The summed E-state index contributed by atoms with van der Waals surface area (Å²) in [4.78, 5) is 29.6. The number of nitrogens with one attached hydrogen (secondary N) is 1. The number of rotatable bonds is 1. The summed E-state index contributed by atoms with van der Waals surface area (Å²) >= 11 is 0. The van der Waals surface area contributed by atoms with Crippen molar-refractivity contribution >= 4 is 11.7 Å². The molecule has 0 aromatic carbocycles. The minimum absolute atomic E-state index is 0.165. The second kappa shape index (κ2) is 2.41. The molecule has 0 unspecified atom stereocenters. The van der Waals surface area contributed by atoms with Crippen molar-refractivity contribution in [3.63, 3.8) is 0 Å². The number of aromatic nitrogens is 4. The molecule has 3 N–H and O–H groups in total. The minimum Gasteiger partial charge on any atom is -0.365 e. The summed E-state index contributed by atoms with van der Waals surface area (Å²) in [5.74, 6) is -0.600. The molecule has 7 nitrogen and oxygen atoms in total. The van der Waals surface area contributed by atoms with Gasteiger partial charge in [0.25, 0.3) is 17.2 Å². The predicted octanol–water partition coefficient (Wildman–Crippen LogP) is -1.48. The lowest BCUT2D eigenvalue weighted by atomic mass is 10.3. The minimum atomic E-state index is -0.804. The molecule has 0 saturated heterocycles. The van der Waals surface area contributed by atoms with E-state index in [9.17, 15) is 9.59 Å². The smallest absolute Gasteiger partial charge is 0.286 e. The molecule has 2 rings (SSSR count). The van der Waals surface area contributed by atoms with Gasteiger partial charge in [0.1, 0.15) is 11.9 Å². The second-order valence-corrected chi connectivity index (χ2v) is 2.36. The van der Waals surface area contributed by atoms with E-state index in [2.05, 4.69) is 15.1 Å². The molecule has 0 aliphatic heterocycles. The van der Waals surface area contributed by atoms with E-state index in [1.807, 2.05) is 0 Å². The summed E-state index contributed by atoms with van der Waals surface area (Å²) in [5.41, 5.74) is 4.24. The number of carbonyl (C=O) groups excluding carboxylic acids is 1. The molecule has 13 heavy (non-hydrogen) atoms. The summed E-state index contributed by atoms with van der Waals surface area (Å²) in [5, 5.41) is 2.51. The number of hydrogen-bond donors (Lipinski definition) is 2. The molecule has 7 heteroatoms. The van der Waals surface area contributed by atoms with Crippen molar-refractivity contribution in [3.8, 4) is 0 Å². The van der Waals surface area contributed by atoms with Gasteiger partial charge in [-0.2, -0.15) is 4.52 Å². The van der Waals surface area contributed by atoms with Crippen LogP contribution in [0.2, 0.25) is 0 Å². The quantitative estimate of drug-likeness (QED) is 0.556. The van der Waals surface area contributed by atoms with Crippen molar-refractivity contribution in [1.82, 2.24) is 19.6 Å². The summed E-state index contributed by atoms with van der Waals surface area (Å²) in [6, 6.07) is 0. The van der Waals surface area contributed by atoms with Crippen LogP contribution < -0.4 is 11.3 Å². The first kappa shape index (κ1) is 7.47. The van der Waals surface area contributed by atoms with Gasteiger partial charge in [-0.05, 0) is 0 Å². The lowest BCUT2D eigenvalue weighted by Crippen LogP contribution is -2.27. The normalized spacial score (nSPS) is 10.5. The first-order valence-corrected chi connectivity index (χ1v) is 3.41. The highest BCUT2D eigenvalue weighted by Gasteiger charge is 2.10. The standard InChI is InChI=1S/C6H5N5O2/c7-4(12)3-1-8-6-9-2-10-11(6)5(3)13/h1-2H,(H2,7,12)(H,8,9,10). The third-order valence-corrected chi connectivity index (χ3v) is 1.57. The van der Waals surface area contributed by atoms with Gasteiger partial charge < -0.3 is 5.73 Å². The zero-order valence-corrected chi connectivity index (χ0v) is 6.39. The number of H-pyrrole nitrogens is 1. The Labute approximate surface area is 71.2 Å². The van der Waals surface area contributed by atoms with E-state index in [0.29, 0.717) is 0 Å². The molecule has 2 aromatic heterocycles. The third kappa shape index (κ3) is 0.975. The number of aromatic amines is 1. The van der Waals surface area contributed by atoms with Gasteiger partial charge in [0.2, 0.25) is 0 Å². The second-order valence-electron chi connectivity index (χ2n) is 2.36. The number of carbonyl (C=O) groups is 1. The zero-order valence-electron chi connectivity index (χ0n) is 6.39. The van der Waals surface area contributed by atoms with Crippen molar-refractivity contribution in [3.05, 3.63) is 28.4 Å². The van der Waals surface area contributed by atoms with Crippen LogP contribution >= 0.6 is 0 Å². The van der Waals surface area contributed by atoms with Gasteiger partial charge in [0.15, 0.2) is 0 Å². The van der Waals surface area contributed by atoms with Crippen molar-refractivity contribution < 1.29 is 4.79 Å². The lowest BCUT2D eigenvalue weighted by molar-refractivity contribution is 0.0998. The number of amides is 1. The van der Waals surface area contributed by atoms with Gasteiger partial charge >= 0.3 is 0 Å². The summed E-state index contributed by atoms with van der Waals surface area (Å²) in [7, 11) is 0. The molecule has 1 amide bonds. The van der Waals surface area contributed by atoms with Crippen LogP contribution in [0.25, 0.3) is 5.78 Å². The third-order valence-electron chi connectivity index (χ3n) is 1.57. The fourth-order valence-electron chi connectivity index (χ4n) is 0.967. The number of nitrogens with zero attached hydrogens (tertiary/aromatic N) is 3. The first-order chi connectivity index (χ1) is 6.20. The van der Waals surface area contributed by atoms with Gasteiger partial charge in [-0.15, -0.1) is 0 Å². The van der Waals surface area contributed by atoms with Gasteiger partial charge in [-0.25, -0.2) is 9.97 Å². The first-order valence-electron chi connectivity index (χ1n) is 3.41. The highest BCUT2D eigenvalue weighted by Crippen LogP contribution is 1.90. The van der Waals surface area contributed by atoms with Crippen LogP contribution in [0.15, 0.2) is 17.3 Å². The Morgan fingerprint density at radius 1 is 1.54 bits per heavy atom. The van der Waals surface area contributed by atoms with Gasteiger partial charge in [-0.1, -0.05) is 0 Å². The van der Waals surface area contributed by atoms with Gasteiger partial charge in [0.05, 0.1) is 0 Å². The van der Waals surface area contributed by atoms with Crippen molar-refractivity contribution in [1.29, 1.82) is 0 Å². The molecule has 66 valence electrons. The maximum absolute atomic E-state index is 11.4. The monoisotopic (exact) mass is 179 g/mol. The van der Waals surface area contributed by atoms with Crippen LogP contribution in [0.3, 0.4) is 0 Å². The Bertz CT molecular complexity index is 525. The molecule has 2 heterocycles. The highest BCUT2D eigenvalue weighted by molar-refractivity contribution is 5.92. The van der Waals surface area contributed by atoms with Crippen molar-refractivity contribution in [2.75, 3.05) is 0 Å². The van der Waals surface area contributed by atoms with Crippen LogP contribution in [-0.4, -0.2) is 25.5 Å². The van der Waals surface area contributed by atoms with Crippen LogP contribution in [0.5, 0.6) is 0 Å². The van der Waals surface area contributed by atoms with E-state index in [4.69, 9.17) is 5.73 Å². The molecule has 0 radical (unpaired) electrons. The van der Waals surface area contributed by atoms with Gasteiger partial charge in [-0.3, -0.25) is 14.7 Å². The molecule has 0 aliphatic carbocycles. The zero-order chi connectivity index (χ0) is 9.42. The molecular formula is C6H5N5O2. The average molecular weight is 179 g/mol. The van der Waals surface area contributed by atoms with Gasteiger partial charge in [0, 0.05) is 6.20 Å². The maximum Gasteiger partial charge on any atom is 0.286 e. The molecule has 0 bridgehead atoms. The Morgan fingerprint density at radius 3 is 3.00 bits per heavy atom. The lowest BCUT2D eigenvalue weighted by Gasteiger charge is -1.93. The van der Waals surface area contributed by atoms with Crippen LogP contribution in [0, 0.1) is 0 Å². The van der Waals surface area contributed by atoms with E-state index in [1.54, 1.807) is 0 Å². The number of primary amides is 1. The fraction of sp³-hybridized carbons (Fsp3) is 0. The maximum atomic E-state index is 11.4. The Kier molecular flexibility index (Phi) is 1.38. The number of fused-ring (bicyclic) bond motifs is 1. The van der Waals surface area contributed by atoms with E-state index in [1.165, 1.54) is 6.33 Å². The van der Waals surface area contributed by atoms with Crippen LogP contribution in [0.4, 0.5) is 0 Å². The predicted molar refractivity (Wildman–Crippen MR) is 42.1 cm³/mol. The Hall–Kier alpha value is -2.18. The number of hydrogen-bond acceptors (Lipinski definition) is 4. The van der Waals surface area contributed by atoms with Crippen molar-refractivity contribution in [2.45, 2.75) is 0 Å². The number of nitrogens with two attached hydrogens (primary N) is 1. The molecular weight excluding hydrogens is 174 g/mol.